The van der Waals surface area contributed by atoms with Gasteiger partial charge in [-0.15, -0.1) is 0 Å². The molecule has 4 rings (SSSR count). The number of hydrogen-bond acceptors (Lipinski definition) is 2. The molecule has 3 aromatic rings. The Morgan fingerprint density at radius 2 is 1.52 bits per heavy atom. The summed E-state index contributed by atoms with van der Waals surface area (Å²) < 4.78 is 28.8. The molecule has 3 aromatic carbocycles. The van der Waals surface area contributed by atoms with Crippen LogP contribution in [0.4, 0.5) is 20.2 Å². The van der Waals surface area contributed by atoms with E-state index in [-0.39, 0.29) is 29.5 Å². The van der Waals surface area contributed by atoms with E-state index < -0.39 is 12.3 Å². The predicted octanol–water partition coefficient (Wildman–Crippen LogP) is 5.64. The van der Waals surface area contributed by atoms with Crippen molar-refractivity contribution >= 4 is 28.8 Å². The van der Waals surface area contributed by atoms with Crippen LogP contribution in [-0.4, -0.2) is 24.3 Å². The third kappa shape index (κ3) is 4.10. The molecule has 6 heteroatoms. The van der Waals surface area contributed by atoms with Gasteiger partial charge in [-0.3, -0.25) is 9.59 Å². The van der Waals surface area contributed by atoms with E-state index in [1.54, 1.807) is 72.8 Å². The van der Waals surface area contributed by atoms with Gasteiger partial charge in [-0.05, 0) is 42.5 Å². The first-order chi connectivity index (χ1) is 14.9. The van der Waals surface area contributed by atoms with Gasteiger partial charge in [0.1, 0.15) is 0 Å². The minimum Gasteiger partial charge on any atom is -0.322 e. The highest BCUT2D eigenvalue weighted by Gasteiger charge is 2.39. The molecular weight excluding hydrogens is 398 g/mol. The maximum Gasteiger partial charge on any atom is 0.275 e. The van der Waals surface area contributed by atoms with Gasteiger partial charge in [0.25, 0.3) is 17.7 Å². The molecule has 31 heavy (non-hydrogen) atoms. The summed E-state index contributed by atoms with van der Waals surface area (Å²) in [5.74, 6) is -3.74. The first-order valence-corrected chi connectivity index (χ1v) is 9.82. The molecule has 1 aliphatic rings. The van der Waals surface area contributed by atoms with Gasteiger partial charge in [0.2, 0.25) is 0 Å². The molecule has 0 radical (unpaired) electrons. The molecule has 0 saturated heterocycles. The van der Waals surface area contributed by atoms with E-state index >= 15 is 0 Å². The molecule has 0 atom stereocenters. The van der Waals surface area contributed by atoms with Crippen molar-refractivity contribution in [1.29, 1.82) is 0 Å². The molecule has 2 amide bonds. The van der Waals surface area contributed by atoms with Gasteiger partial charge in [0.15, 0.2) is 0 Å². The van der Waals surface area contributed by atoms with E-state index in [1.807, 2.05) is 6.07 Å². The molecule has 1 heterocycles. The molecule has 0 fully saturated rings. The van der Waals surface area contributed by atoms with Crippen LogP contribution in [0.1, 0.15) is 32.7 Å². The van der Waals surface area contributed by atoms with Crippen molar-refractivity contribution in [1.82, 2.24) is 0 Å². The number of amides is 2. The van der Waals surface area contributed by atoms with Gasteiger partial charge in [0, 0.05) is 40.9 Å². The first-order valence-electron chi connectivity index (χ1n) is 9.82. The van der Waals surface area contributed by atoms with Crippen molar-refractivity contribution < 1.29 is 18.4 Å². The second-order valence-corrected chi connectivity index (χ2v) is 7.30. The average molecular weight is 418 g/mol. The van der Waals surface area contributed by atoms with E-state index in [2.05, 4.69) is 11.9 Å². The van der Waals surface area contributed by atoms with Gasteiger partial charge < -0.3 is 10.2 Å². The van der Waals surface area contributed by atoms with Gasteiger partial charge in [-0.25, -0.2) is 8.78 Å². The lowest BCUT2D eigenvalue weighted by Crippen LogP contribution is -2.33. The van der Waals surface area contributed by atoms with Crippen LogP contribution in [0, 0.1) is 0 Å². The van der Waals surface area contributed by atoms with Crippen LogP contribution >= 0.6 is 0 Å². The summed E-state index contributed by atoms with van der Waals surface area (Å²) in [6.45, 7) is 3.44. The van der Waals surface area contributed by atoms with Crippen molar-refractivity contribution in [3.05, 3.63) is 102 Å². The Morgan fingerprint density at radius 1 is 0.871 bits per heavy atom. The van der Waals surface area contributed by atoms with Crippen molar-refractivity contribution in [3.63, 3.8) is 0 Å². The molecule has 0 saturated carbocycles. The number of halogens is 2. The summed E-state index contributed by atoms with van der Waals surface area (Å²) in [4.78, 5) is 26.8. The van der Waals surface area contributed by atoms with Crippen LogP contribution in [0.2, 0.25) is 0 Å². The predicted molar refractivity (Wildman–Crippen MR) is 118 cm³/mol. The molecule has 1 aliphatic heterocycles. The highest BCUT2D eigenvalue weighted by molar-refractivity contribution is 6.08. The van der Waals surface area contributed by atoms with E-state index in [9.17, 15) is 18.4 Å². The average Bonchev–Trinajstić information content (AvgIpc) is 2.89. The number of allylic oxidation sites excluding steroid dienone is 1. The molecule has 0 aromatic heterocycles. The van der Waals surface area contributed by atoms with Gasteiger partial charge >= 0.3 is 0 Å². The fraction of sp³-hybridized carbons (Fsp3) is 0.120. The van der Waals surface area contributed by atoms with Crippen LogP contribution in [0.5, 0.6) is 0 Å². The lowest BCUT2D eigenvalue weighted by atomic mass is 9.99. The summed E-state index contributed by atoms with van der Waals surface area (Å²) in [6, 6.07) is 21.7. The van der Waals surface area contributed by atoms with E-state index in [1.165, 1.54) is 4.90 Å². The Hall–Kier alpha value is -3.80. The summed E-state index contributed by atoms with van der Waals surface area (Å²) in [6.07, 6.45) is -0.503. The molecule has 0 spiro atoms. The summed E-state index contributed by atoms with van der Waals surface area (Å²) in [7, 11) is 0. The van der Waals surface area contributed by atoms with Gasteiger partial charge in [-0.1, -0.05) is 43.0 Å². The monoisotopic (exact) mass is 418 g/mol. The maximum absolute atomic E-state index is 14.4. The molecule has 156 valence electrons. The third-order valence-electron chi connectivity index (χ3n) is 5.28. The number of nitrogens with zero attached hydrogens (tertiary/aromatic N) is 1. The van der Waals surface area contributed by atoms with Crippen molar-refractivity contribution in [3.8, 4) is 0 Å². The number of benzene rings is 3. The molecule has 0 aliphatic carbocycles. The number of anilines is 2. The Labute approximate surface area is 178 Å². The summed E-state index contributed by atoms with van der Waals surface area (Å²) in [5, 5.41) is 2.77. The normalized spacial score (nSPS) is 15.0. The number of carbonyl (C=O) groups excluding carboxylic acids is 2. The largest absolute Gasteiger partial charge is 0.322 e. The topological polar surface area (TPSA) is 49.4 Å². The number of rotatable bonds is 3. The minimum atomic E-state index is -3.09. The summed E-state index contributed by atoms with van der Waals surface area (Å²) >= 11 is 0. The quantitative estimate of drug-likeness (QED) is 0.599. The SMILES string of the molecule is C=C1c2ccccc2N(C(=O)c2ccc(NC(=O)c3ccccc3)cc2)CCC1(F)F. The van der Waals surface area contributed by atoms with Crippen molar-refractivity contribution in [2.24, 2.45) is 0 Å². The molecule has 4 nitrogen and oxygen atoms in total. The van der Waals surface area contributed by atoms with Crippen molar-refractivity contribution in [2.45, 2.75) is 12.3 Å². The second kappa shape index (κ2) is 8.14. The lowest BCUT2D eigenvalue weighted by Gasteiger charge is -2.23. The zero-order valence-electron chi connectivity index (χ0n) is 16.6. The van der Waals surface area contributed by atoms with E-state index in [0.717, 1.165) is 0 Å². The molecule has 1 N–H and O–H groups in total. The Bertz CT molecular complexity index is 1140. The van der Waals surface area contributed by atoms with Crippen LogP contribution in [-0.2, 0) is 0 Å². The Morgan fingerprint density at radius 3 is 2.23 bits per heavy atom. The third-order valence-corrected chi connectivity index (χ3v) is 5.28. The minimum absolute atomic E-state index is 0.131. The number of fused-ring (bicyclic) bond motifs is 1. The highest BCUT2D eigenvalue weighted by atomic mass is 19.3. The number of carbonyl (C=O) groups is 2. The zero-order chi connectivity index (χ0) is 22.0. The molecule has 0 bridgehead atoms. The fourth-order valence-electron chi connectivity index (χ4n) is 3.54. The zero-order valence-corrected chi connectivity index (χ0v) is 16.6. The molecule has 0 unspecified atom stereocenters. The van der Waals surface area contributed by atoms with Crippen LogP contribution in [0.3, 0.4) is 0 Å². The van der Waals surface area contributed by atoms with Gasteiger partial charge in [0.05, 0.1) is 5.69 Å². The lowest BCUT2D eigenvalue weighted by molar-refractivity contribution is 0.0604. The first kappa shape index (κ1) is 20.5. The second-order valence-electron chi connectivity index (χ2n) is 7.30. The highest BCUT2D eigenvalue weighted by Crippen LogP contribution is 2.42. The number of alkyl halides is 2. The van der Waals surface area contributed by atoms with Crippen molar-refractivity contribution in [2.75, 3.05) is 16.8 Å². The number of para-hydroxylation sites is 1. The van der Waals surface area contributed by atoms with Crippen LogP contribution < -0.4 is 10.2 Å². The number of nitrogens with one attached hydrogen (secondary N) is 1. The standard InChI is InChI=1S/C25H20F2N2O2/c1-17-21-9-5-6-10-22(21)29(16-15-25(17,26)27)24(31)19-11-13-20(14-12-19)28-23(30)18-7-3-2-4-8-18/h2-14H,1,15-16H2,(H,28,30). The van der Waals surface area contributed by atoms with Gasteiger partial charge in [-0.2, -0.15) is 0 Å². The smallest absolute Gasteiger partial charge is 0.275 e. The molecular formula is C25H20F2N2O2. The maximum atomic E-state index is 14.4. The van der Waals surface area contributed by atoms with Crippen LogP contribution in [0.15, 0.2) is 85.4 Å². The Kier molecular flexibility index (Phi) is 5.38. The Balaban J connectivity index is 1.56. The fourth-order valence-corrected chi connectivity index (χ4v) is 3.54. The van der Waals surface area contributed by atoms with E-state index in [4.69, 9.17) is 0 Å². The number of hydrogen-bond donors (Lipinski definition) is 1. The summed E-state index contributed by atoms with van der Waals surface area (Å²) in [5.41, 5.74) is 1.79. The van der Waals surface area contributed by atoms with Crippen LogP contribution in [0.25, 0.3) is 5.57 Å². The van der Waals surface area contributed by atoms with E-state index in [0.29, 0.717) is 22.5 Å².